The highest BCUT2D eigenvalue weighted by atomic mass is 16.5. The van der Waals surface area contributed by atoms with Crippen LogP contribution in [0.3, 0.4) is 0 Å². The lowest BCUT2D eigenvalue weighted by molar-refractivity contribution is -0.142. The molecule has 0 rings (SSSR count). The average molecular weight is 232 g/mol. The van der Waals surface area contributed by atoms with Crippen molar-refractivity contribution >= 4 is 18.0 Å². The summed E-state index contributed by atoms with van der Waals surface area (Å²) in [4.78, 5) is 32.8. The smallest absolute Gasteiger partial charge is 0.328 e. The second-order valence-electron chi connectivity index (χ2n) is 3.16. The van der Waals surface area contributed by atoms with Crippen molar-refractivity contribution in [2.24, 2.45) is 0 Å². The van der Waals surface area contributed by atoms with E-state index in [2.05, 4.69) is 15.4 Å². The maximum atomic E-state index is 11.3. The summed E-state index contributed by atoms with van der Waals surface area (Å²) in [6, 6.07) is -2.51. The fraction of sp³-hybridized carbons (Fsp3) is 0.667. The molecule has 16 heavy (non-hydrogen) atoms. The Morgan fingerprint density at radius 1 is 1.31 bits per heavy atom. The Hall–Kier alpha value is -1.79. The molecule has 0 saturated carbocycles. The Labute approximate surface area is 93.2 Å². The topological polar surface area (TPSA) is 105 Å². The second kappa shape index (κ2) is 6.65. The minimum atomic E-state index is -1.12. The van der Waals surface area contributed by atoms with E-state index in [9.17, 15) is 14.4 Å². The third kappa shape index (κ3) is 4.63. The molecule has 0 aliphatic rings. The van der Waals surface area contributed by atoms with E-state index in [1.807, 2.05) is 0 Å². The maximum Gasteiger partial charge on any atom is 0.328 e. The first-order valence-electron chi connectivity index (χ1n) is 4.80. The Kier molecular flexibility index (Phi) is 5.91. The zero-order chi connectivity index (χ0) is 12.7. The number of hydrogen-bond donors (Lipinski definition) is 3. The number of nitrogens with one attached hydrogen (secondary N) is 2. The number of ether oxygens (including phenoxy) is 1. The molecule has 0 aromatic heterocycles. The van der Waals surface area contributed by atoms with Crippen LogP contribution in [0.5, 0.6) is 0 Å². The number of methoxy groups -OCH3 is 1. The minimum Gasteiger partial charge on any atom is -0.480 e. The Bertz CT molecular complexity index is 279. The van der Waals surface area contributed by atoms with E-state index in [4.69, 9.17) is 5.11 Å². The van der Waals surface area contributed by atoms with E-state index >= 15 is 0 Å². The van der Waals surface area contributed by atoms with Crippen molar-refractivity contribution in [1.29, 1.82) is 0 Å². The molecule has 7 nitrogen and oxygen atoms in total. The minimum absolute atomic E-state index is 0.259. The molecule has 0 aliphatic carbocycles. The van der Waals surface area contributed by atoms with Gasteiger partial charge >= 0.3 is 18.0 Å². The molecule has 2 atom stereocenters. The predicted octanol–water partition coefficient (Wildman–Crippen LogP) is -0.290. The van der Waals surface area contributed by atoms with Gasteiger partial charge in [-0.05, 0) is 13.3 Å². The van der Waals surface area contributed by atoms with Gasteiger partial charge in [-0.3, -0.25) is 0 Å². The zero-order valence-electron chi connectivity index (χ0n) is 9.44. The summed E-state index contributed by atoms with van der Waals surface area (Å²) in [5.41, 5.74) is 0. The molecule has 2 amide bonds. The molecule has 0 heterocycles. The summed E-state index contributed by atoms with van der Waals surface area (Å²) < 4.78 is 4.39. The average Bonchev–Trinajstić information content (AvgIpc) is 2.23. The van der Waals surface area contributed by atoms with Crippen molar-refractivity contribution in [2.45, 2.75) is 32.4 Å². The number of esters is 1. The van der Waals surface area contributed by atoms with Gasteiger partial charge in [-0.25, -0.2) is 14.4 Å². The Morgan fingerprint density at radius 2 is 1.88 bits per heavy atom. The molecule has 0 fully saturated rings. The molecule has 92 valence electrons. The van der Waals surface area contributed by atoms with Gasteiger partial charge in [0.25, 0.3) is 0 Å². The quantitative estimate of drug-likeness (QED) is 0.565. The SMILES string of the molecule is CC[C@@H](NC(=O)NC(C)C(=O)OC)C(=O)O. The first-order chi connectivity index (χ1) is 7.42. The van der Waals surface area contributed by atoms with Crippen molar-refractivity contribution in [3.63, 3.8) is 0 Å². The first kappa shape index (κ1) is 14.2. The number of amides is 2. The van der Waals surface area contributed by atoms with Crippen LogP contribution in [0.15, 0.2) is 0 Å². The summed E-state index contributed by atoms with van der Waals surface area (Å²) in [6.07, 6.45) is 0.259. The standard InChI is InChI=1S/C9H16N2O5/c1-4-6(7(12)13)11-9(15)10-5(2)8(14)16-3/h5-6H,4H2,1-3H3,(H,12,13)(H2,10,11,15)/t5?,6-/m1/s1. The van der Waals surface area contributed by atoms with Gasteiger partial charge in [0.2, 0.25) is 0 Å². The van der Waals surface area contributed by atoms with Crippen LogP contribution in [0.1, 0.15) is 20.3 Å². The fourth-order valence-corrected chi connectivity index (χ4v) is 0.971. The van der Waals surface area contributed by atoms with E-state index in [1.54, 1.807) is 6.92 Å². The summed E-state index contributed by atoms with van der Waals surface area (Å²) in [7, 11) is 1.20. The molecule has 7 heteroatoms. The van der Waals surface area contributed by atoms with E-state index < -0.39 is 30.1 Å². The summed E-state index contributed by atoms with van der Waals surface area (Å²) >= 11 is 0. The zero-order valence-corrected chi connectivity index (χ0v) is 9.44. The van der Waals surface area contributed by atoms with E-state index in [-0.39, 0.29) is 6.42 Å². The van der Waals surface area contributed by atoms with Crippen molar-refractivity contribution in [2.75, 3.05) is 7.11 Å². The third-order valence-electron chi connectivity index (χ3n) is 1.91. The van der Waals surface area contributed by atoms with E-state index in [0.717, 1.165) is 0 Å². The maximum absolute atomic E-state index is 11.3. The number of hydrogen-bond acceptors (Lipinski definition) is 4. The highest BCUT2D eigenvalue weighted by Gasteiger charge is 2.20. The number of carboxylic acid groups (broad SMARTS) is 1. The molecular formula is C9H16N2O5. The molecular weight excluding hydrogens is 216 g/mol. The van der Waals surface area contributed by atoms with Crippen LogP contribution in [0, 0.1) is 0 Å². The van der Waals surface area contributed by atoms with Crippen LogP contribution >= 0.6 is 0 Å². The number of carboxylic acids is 1. The predicted molar refractivity (Wildman–Crippen MR) is 54.9 cm³/mol. The van der Waals surface area contributed by atoms with E-state index in [1.165, 1.54) is 14.0 Å². The number of carbonyl (C=O) groups is 3. The van der Waals surface area contributed by atoms with Gasteiger partial charge in [-0.1, -0.05) is 6.92 Å². The van der Waals surface area contributed by atoms with Gasteiger partial charge in [0.05, 0.1) is 7.11 Å². The van der Waals surface area contributed by atoms with Gasteiger partial charge in [0.15, 0.2) is 0 Å². The highest BCUT2D eigenvalue weighted by molar-refractivity contribution is 5.86. The first-order valence-corrected chi connectivity index (χ1v) is 4.80. The van der Waals surface area contributed by atoms with Gasteiger partial charge in [0, 0.05) is 0 Å². The second-order valence-corrected chi connectivity index (χ2v) is 3.16. The van der Waals surface area contributed by atoms with Gasteiger partial charge in [-0.2, -0.15) is 0 Å². The van der Waals surface area contributed by atoms with Crippen molar-refractivity contribution in [1.82, 2.24) is 10.6 Å². The van der Waals surface area contributed by atoms with Crippen LogP contribution in [-0.4, -0.2) is 42.3 Å². The van der Waals surface area contributed by atoms with Crippen LogP contribution < -0.4 is 10.6 Å². The van der Waals surface area contributed by atoms with Gasteiger partial charge in [0.1, 0.15) is 12.1 Å². The third-order valence-corrected chi connectivity index (χ3v) is 1.91. The van der Waals surface area contributed by atoms with Crippen molar-refractivity contribution < 1.29 is 24.2 Å². The molecule has 3 N–H and O–H groups in total. The summed E-state index contributed by atoms with van der Waals surface area (Å²) in [6.45, 7) is 3.07. The van der Waals surface area contributed by atoms with Crippen LogP contribution in [0.2, 0.25) is 0 Å². The monoisotopic (exact) mass is 232 g/mol. The normalized spacial score (nSPS) is 13.4. The lowest BCUT2D eigenvalue weighted by Crippen LogP contribution is -2.50. The lowest BCUT2D eigenvalue weighted by Gasteiger charge is -2.15. The molecule has 0 saturated heterocycles. The number of urea groups is 1. The Balaban J connectivity index is 4.17. The molecule has 1 unspecified atom stereocenters. The molecule has 0 aromatic carbocycles. The number of carbonyl (C=O) groups excluding carboxylic acids is 2. The summed E-state index contributed by atoms with van der Waals surface area (Å²) in [5, 5.41) is 13.2. The van der Waals surface area contributed by atoms with Crippen LogP contribution in [-0.2, 0) is 14.3 Å². The molecule has 0 radical (unpaired) electrons. The molecule has 0 spiro atoms. The molecule has 0 bridgehead atoms. The van der Waals surface area contributed by atoms with E-state index in [0.29, 0.717) is 0 Å². The Morgan fingerprint density at radius 3 is 2.25 bits per heavy atom. The summed E-state index contributed by atoms with van der Waals surface area (Å²) in [5.74, 6) is -1.72. The highest BCUT2D eigenvalue weighted by Crippen LogP contribution is 1.91. The van der Waals surface area contributed by atoms with Crippen molar-refractivity contribution in [3.05, 3.63) is 0 Å². The fourth-order valence-electron chi connectivity index (χ4n) is 0.971. The number of aliphatic carboxylic acids is 1. The van der Waals surface area contributed by atoms with Crippen LogP contribution in [0.25, 0.3) is 0 Å². The molecule has 0 aromatic rings. The lowest BCUT2D eigenvalue weighted by atomic mass is 10.2. The number of rotatable bonds is 5. The largest absolute Gasteiger partial charge is 0.480 e. The molecule has 0 aliphatic heterocycles. The van der Waals surface area contributed by atoms with Crippen LogP contribution in [0.4, 0.5) is 4.79 Å². The van der Waals surface area contributed by atoms with Gasteiger partial charge < -0.3 is 20.5 Å². The van der Waals surface area contributed by atoms with Gasteiger partial charge in [-0.15, -0.1) is 0 Å². The van der Waals surface area contributed by atoms with Crippen molar-refractivity contribution in [3.8, 4) is 0 Å².